The summed E-state index contributed by atoms with van der Waals surface area (Å²) in [6, 6.07) is 33.7. The van der Waals surface area contributed by atoms with E-state index >= 15 is 0 Å². The summed E-state index contributed by atoms with van der Waals surface area (Å²) in [6.45, 7) is 1.80. The van der Waals surface area contributed by atoms with Crippen molar-refractivity contribution in [3.8, 4) is 0 Å². The first-order chi connectivity index (χ1) is 22.7. The number of ether oxygens (including phenoxy) is 2. The van der Waals surface area contributed by atoms with Gasteiger partial charge in [-0.2, -0.15) is 0 Å². The lowest BCUT2D eigenvalue weighted by molar-refractivity contribution is -0.0696. The topological polar surface area (TPSA) is 143 Å². The van der Waals surface area contributed by atoms with Crippen molar-refractivity contribution in [3.63, 3.8) is 0 Å². The fourth-order valence-corrected chi connectivity index (χ4v) is 6.58. The Bertz CT molecular complexity index is 2180. The van der Waals surface area contributed by atoms with Gasteiger partial charge in [-0.05, 0) is 64.4 Å². The number of aromatic nitrogens is 2. The average molecular weight is 649 g/mol. The zero-order valence-electron chi connectivity index (χ0n) is 25.5. The summed E-state index contributed by atoms with van der Waals surface area (Å²) in [5.41, 5.74) is 9.29. The largest absolute Gasteiger partial charge is 0.422 e. The van der Waals surface area contributed by atoms with Crippen molar-refractivity contribution in [2.24, 2.45) is 5.73 Å². The zero-order valence-corrected chi connectivity index (χ0v) is 26.3. The lowest BCUT2D eigenvalue weighted by Gasteiger charge is -2.17. The van der Waals surface area contributed by atoms with Crippen molar-refractivity contribution >= 4 is 49.5 Å². The van der Waals surface area contributed by atoms with Gasteiger partial charge < -0.3 is 19.8 Å². The monoisotopic (exact) mass is 648 g/mol. The standard InChI is InChI=1S/C36H32N4O6S/c1-24(45-35(41)26-12-6-3-7-13-26)46-36(42)33-20-28-16-17-30(21-37)38-34(28)40(33)22-29-19-31(18-27-14-8-9-15-32(27)29)39-47(43,44)23-25-10-4-2-5-11-25/h2-20,24,39H,21-23,37H2,1H3. The summed E-state index contributed by atoms with van der Waals surface area (Å²) in [5.74, 6) is -1.54. The second-order valence-electron chi connectivity index (χ2n) is 11.0. The second kappa shape index (κ2) is 13.5. The molecule has 0 radical (unpaired) electrons. The molecule has 3 N–H and O–H groups in total. The molecule has 0 aliphatic heterocycles. The number of fused-ring (bicyclic) bond motifs is 2. The van der Waals surface area contributed by atoms with Gasteiger partial charge in [0.15, 0.2) is 0 Å². The van der Waals surface area contributed by atoms with Gasteiger partial charge in [-0.15, -0.1) is 0 Å². The Morgan fingerprint density at radius 1 is 0.830 bits per heavy atom. The van der Waals surface area contributed by atoms with Crippen molar-refractivity contribution in [1.29, 1.82) is 0 Å². The van der Waals surface area contributed by atoms with Crippen LogP contribution < -0.4 is 10.5 Å². The number of hydrogen-bond donors (Lipinski definition) is 2. The fourth-order valence-electron chi connectivity index (χ4n) is 5.40. The molecule has 0 saturated carbocycles. The van der Waals surface area contributed by atoms with Crippen LogP contribution in [0.1, 0.15) is 44.6 Å². The van der Waals surface area contributed by atoms with Gasteiger partial charge in [0.25, 0.3) is 0 Å². The number of hydrogen-bond acceptors (Lipinski definition) is 8. The molecule has 2 heterocycles. The van der Waals surface area contributed by atoms with Gasteiger partial charge in [0, 0.05) is 24.5 Å². The van der Waals surface area contributed by atoms with Crippen LogP contribution >= 0.6 is 0 Å². The van der Waals surface area contributed by atoms with E-state index in [1.807, 2.05) is 36.4 Å². The zero-order chi connectivity index (χ0) is 33.0. The van der Waals surface area contributed by atoms with Gasteiger partial charge in [-0.3, -0.25) is 4.72 Å². The maximum absolute atomic E-state index is 13.6. The van der Waals surface area contributed by atoms with Crippen LogP contribution in [0.5, 0.6) is 0 Å². The molecular formula is C36H32N4O6S. The number of nitrogens with two attached hydrogens (primary N) is 1. The Labute approximate surface area is 271 Å². The molecule has 0 bridgehead atoms. The van der Waals surface area contributed by atoms with Crippen LogP contribution in [0.2, 0.25) is 0 Å². The van der Waals surface area contributed by atoms with Crippen LogP contribution in [-0.4, -0.2) is 36.2 Å². The van der Waals surface area contributed by atoms with Crippen LogP contribution in [0.25, 0.3) is 21.8 Å². The van der Waals surface area contributed by atoms with Crippen molar-refractivity contribution in [2.75, 3.05) is 4.72 Å². The molecule has 0 saturated heterocycles. The number of carbonyl (C=O) groups is 2. The normalized spacial score (nSPS) is 12.1. The summed E-state index contributed by atoms with van der Waals surface area (Å²) in [5, 5.41) is 2.34. The number of esters is 2. The minimum Gasteiger partial charge on any atom is -0.422 e. The van der Waals surface area contributed by atoms with E-state index < -0.39 is 28.3 Å². The number of carbonyl (C=O) groups excluding carboxylic acids is 2. The Hall–Kier alpha value is -5.52. The van der Waals surface area contributed by atoms with Gasteiger partial charge in [-0.1, -0.05) is 72.8 Å². The van der Waals surface area contributed by atoms with Crippen LogP contribution in [-0.2, 0) is 38.3 Å². The molecule has 0 aliphatic carbocycles. The Balaban J connectivity index is 1.34. The molecule has 0 aliphatic rings. The first kappa shape index (κ1) is 31.5. The third kappa shape index (κ3) is 7.32. The molecule has 0 spiro atoms. The average Bonchev–Trinajstić information content (AvgIpc) is 3.42. The van der Waals surface area contributed by atoms with Crippen molar-refractivity contribution in [1.82, 2.24) is 9.55 Å². The van der Waals surface area contributed by atoms with E-state index in [0.717, 1.165) is 16.3 Å². The molecule has 47 heavy (non-hydrogen) atoms. The maximum atomic E-state index is 13.6. The van der Waals surface area contributed by atoms with Gasteiger partial charge in [0.2, 0.25) is 16.3 Å². The number of benzene rings is 4. The minimum absolute atomic E-state index is 0.141. The number of pyridine rings is 1. The first-order valence-electron chi connectivity index (χ1n) is 14.9. The predicted molar refractivity (Wildman–Crippen MR) is 180 cm³/mol. The third-order valence-electron chi connectivity index (χ3n) is 7.52. The van der Waals surface area contributed by atoms with E-state index in [-0.39, 0.29) is 24.5 Å². The number of nitrogens with zero attached hydrogens (tertiary/aromatic N) is 2. The van der Waals surface area contributed by atoms with Gasteiger partial charge in [-0.25, -0.2) is 23.0 Å². The van der Waals surface area contributed by atoms with Gasteiger partial charge in [0.05, 0.1) is 23.6 Å². The molecule has 1 atom stereocenters. The molecule has 11 heteroatoms. The Morgan fingerprint density at radius 3 is 2.26 bits per heavy atom. The highest BCUT2D eigenvalue weighted by atomic mass is 32.2. The van der Waals surface area contributed by atoms with Crippen LogP contribution in [0.15, 0.2) is 115 Å². The summed E-state index contributed by atoms with van der Waals surface area (Å²) in [6.07, 6.45) is -1.18. The molecule has 2 aromatic heterocycles. The van der Waals surface area contributed by atoms with Crippen LogP contribution in [0, 0.1) is 0 Å². The summed E-state index contributed by atoms with van der Waals surface area (Å²) < 4.78 is 41.7. The summed E-state index contributed by atoms with van der Waals surface area (Å²) >= 11 is 0. The molecule has 0 amide bonds. The number of nitrogens with one attached hydrogen (secondary N) is 1. The predicted octanol–water partition coefficient (Wildman–Crippen LogP) is 6.00. The highest BCUT2D eigenvalue weighted by Gasteiger charge is 2.23. The molecule has 1 unspecified atom stereocenters. The van der Waals surface area contributed by atoms with Crippen molar-refractivity contribution in [3.05, 3.63) is 143 Å². The molecule has 238 valence electrons. The van der Waals surface area contributed by atoms with E-state index in [2.05, 4.69) is 4.72 Å². The lowest BCUT2D eigenvalue weighted by atomic mass is 10.0. The number of anilines is 1. The Morgan fingerprint density at radius 2 is 1.51 bits per heavy atom. The highest BCUT2D eigenvalue weighted by Crippen LogP contribution is 2.29. The molecular weight excluding hydrogens is 616 g/mol. The number of rotatable bonds is 11. The quantitative estimate of drug-likeness (QED) is 0.129. The van der Waals surface area contributed by atoms with Crippen LogP contribution in [0.3, 0.4) is 0 Å². The lowest BCUT2D eigenvalue weighted by Crippen LogP contribution is -2.23. The minimum atomic E-state index is -3.74. The Kier molecular flexibility index (Phi) is 9.01. The van der Waals surface area contributed by atoms with Gasteiger partial charge in [0.1, 0.15) is 11.3 Å². The van der Waals surface area contributed by atoms with Crippen molar-refractivity contribution < 1.29 is 27.5 Å². The highest BCUT2D eigenvalue weighted by molar-refractivity contribution is 7.91. The summed E-state index contributed by atoms with van der Waals surface area (Å²) in [7, 11) is -3.74. The third-order valence-corrected chi connectivity index (χ3v) is 8.78. The molecule has 0 fully saturated rings. The molecule has 6 rings (SSSR count). The first-order valence-corrected chi connectivity index (χ1v) is 16.6. The van der Waals surface area contributed by atoms with Crippen molar-refractivity contribution in [2.45, 2.75) is 32.1 Å². The SMILES string of the molecule is CC(OC(=O)c1ccccc1)OC(=O)c1cc2ccc(CN)nc2n1Cc1cc(NS(=O)(=O)Cc2ccccc2)cc2ccccc12. The van der Waals surface area contributed by atoms with E-state index in [1.54, 1.807) is 83.4 Å². The van der Waals surface area contributed by atoms with E-state index in [9.17, 15) is 18.0 Å². The second-order valence-corrected chi connectivity index (χ2v) is 12.7. The van der Waals surface area contributed by atoms with Crippen LogP contribution in [0.4, 0.5) is 5.69 Å². The smallest absolute Gasteiger partial charge is 0.358 e. The molecule has 10 nitrogen and oxygen atoms in total. The number of sulfonamides is 1. The van der Waals surface area contributed by atoms with Gasteiger partial charge >= 0.3 is 11.9 Å². The summed E-state index contributed by atoms with van der Waals surface area (Å²) in [4.78, 5) is 30.9. The van der Waals surface area contributed by atoms with E-state index in [1.165, 1.54) is 6.92 Å². The molecule has 4 aromatic carbocycles. The molecule has 6 aromatic rings. The maximum Gasteiger partial charge on any atom is 0.358 e. The van der Waals surface area contributed by atoms with E-state index in [4.69, 9.17) is 20.2 Å². The fraction of sp³-hybridized carbons (Fsp3) is 0.139. The van der Waals surface area contributed by atoms with E-state index in [0.29, 0.717) is 33.5 Å².